The normalized spacial score (nSPS) is 20.5. The van der Waals surface area contributed by atoms with Crippen molar-refractivity contribution in [3.63, 3.8) is 0 Å². The minimum Gasteiger partial charge on any atom is -0.496 e. The van der Waals surface area contributed by atoms with E-state index in [0.29, 0.717) is 17.4 Å². The van der Waals surface area contributed by atoms with E-state index in [1.807, 2.05) is 6.92 Å². The Bertz CT molecular complexity index is 405. The van der Waals surface area contributed by atoms with Crippen molar-refractivity contribution in [1.82, 2.24) is 5.32 Å². The summed E-state index contributed by atoms with van der Waals surface area (Å²) in [6.45, 7) is 3.65. The summed E-state index contributed by atoms with van der Waals surface area (Å²) in [5, 5.41) is 3.34. The Morgan fingerprint density at radius 1 is 1.53 bits per heavy atom. The van der Waals surface area contributed by atoms with E-state index in [1.54, 1.807) is 19.2 Å². The van der Waals surface area contributed by atoms with E-state index in [-0.39, 0.29) is 11.9 Å². The second kappa shape index (κ2) is 6.87. The Balaban J connectivity index is 1.90. The predicted octanol–water partition coefficient (Wildman–Crippen LogP) is 3.05. The largest absolute Gasteiger partial charge is 0.496 e. The summed E-state index contributed by atoms with van der Waals surface area (Å²) < 4.78 is 24.7. The van der Waals surface area contributed by atoms with Crippen LogP contribution in [0.25, 0.3) is 0 Å². The number of nitrogens with one attached hydrogen (secondary N) is 1. The number of rotatable bonds is 6. The van der Waals surface area contributed by atoms with Gasteiger partial charge >= 0.3 is 0 Å². The molecule has 2 atom stereocenters. The first-order chi connectivity index (χ1) is 9.22. The Labute approximate surface area is 114 Å². The molecule has 3 nitrogen and oxygen atoms in total. The lowest BCUT2D eigenvalue weighted by Gasteiger charge is -2.19. The SMILES string of the molecule is COc1cccc(F)c1C(C)NCCC1CCCO1. The van der Waals surface area contributed by atoms with Crippen molar-refractivity contribution in [1.29, 1.82) is 0 Å². The highest BCUT2D eigenvalue weighted by Gasteiger charge is 2.18. The Hall–Kier alpha value is -1.13. The molecule has 0 aliphatic carbocycles. The molecule has 0 aromatic heterocycles. The third-order valence-electron chi connectivity index (χ3n) is 3.61. The first-order valence-electron chi connectivity index (χ1n) is 6.89. The molecule has 19 heavy (non-hydrogen) atoms. The Kier molecular flexibility index (Phi) is 5.16. The fourth-order valence-electron chi connectivity index (χ4n) is 2.55. The first kappa shape index (κ1) is 14.3. The van der Waals surface area contributed by atoms with Gasteiger partial charge in [0.1, 0.15) is 11.6 Å². The van der Waals surface area contributed by atoms with E-state index >= 15 is 0 Å². The molecule has 0 saturated carbocycles. The smallest absolute Gasteiger partial charge is 0.131 e. The molecule has 1 aromatic carbocycles. The van der Waals surface area contributed by atoms with E-state index in [2.05, 4.69) is 5.32 Å². The van der Waals surface area contributed by atoms with Crippen LogP contribution in [0.4, 0.5) is 4.39 Å². The maximum Gasteiger partial charge on any atom is 0.131 e. The van der Waals surface area contributed by atoms with Gasteiger partial charge in [-0.3, -0.25) is 0 Å². The molecule has 1 fully saturated rings. The van der Waals surface area contributed by atoms with Crippen LogP contribution >= 0.6 is 0 Å². The van der Waals surface area contributed by atoms with Crippen molar-refractivity contribution in [2.75, 3.05) is 20.3 Å². The lowest BCUT2D eigenvalue weighted by molar-refractivity contribution is 0.103. The van der Waals surface area contributed by atoms with Crippen molar-refractivity contribution < 1.29 is 13.9 Å². The van der Waals surface area contributed by atoms with Crippen molar-refractivity contribution in [3.05, 3.63) is 29.6 Å². The van der Waals surface area contributed by atoms with Crippen LogP contribution < -0.4 is 10.1 Å². The molecule has 1 aliphatic heterocycles. The lowest BCUT2D eigenvalue weighted by Crippen LogP contribution is -2.24. The molecule has 2 unspecified atom stereocenters. The van der Waals surface area contributed by atoms with Gasteiger partial charge in [-0.25, -0.2) is 4.39 Å². The van der Waals surface area contributed by atoms with Crippen LogP contribution in [0.2, 0.25) is 0 Å². The van der Waals surface area contributed by atoms with Crippen LogP contribution in [-0.2, 0) is 4.74 Å². The minimum atomic E-state index is -0.225. The van der Waals surface area contributed by atoms with Crippen LogP contribution in [-0.4, -0.2) is 26.4 Å². The summed E-state index contributed by atoms with van der Waals surface area (Å²) in [7, 11) is 1.57. The number of halogens is 1. The molecule has 1 aromatic rings. The fraction of sp³-hybridized carbons (Fsp3) is 0.600. The van der Waals surface area contributed by atoms with Gasteiger partial charge in [-0.05, 0) is 44.9 Å². The second-order valence-corrected chi connectivity index (χ2v) is 4.96. The fourth-order valence-corrected chi connectivity index (χ4v) is 2.55. The number of hydrogen-bond acceptors (Lipinski definition) is 3. The summed E-state index contributed by atoms with van der Waals surface area (Å²) in [5.74, 6) is 0.369. The highest BCUT2D eigenvalue weighted by Crippen LogP contribution is 2.27. The third-order valence-corrected chi connectivity index (χ3v) is 3.61. The molecule has 1 saturated heterocycles. The first-order valence-corrected chi connectivity index (χ1v) is 6.89. The van der Waals surface area contributed by atoms with Crippen molar-refractivity contribution in [2.24, 2.45) is 0 Å². The average Bonchev–Trinajstić information content (AvgIpc) is 2.91. The molecule has 0 radical (unpaired) electrons. The topological polar surface area (TPSA) is 30.5 Å². The molecular weight excluding hydrogens is 245 g/mol. The zero-order valence-corrected chi connectivity index (χ0v) is 11.6. The van der Waals surface area contributed by atoms with Gasteiger partial charge in [-0.15, -0.1) is 0 Å². The van der Waals surface area contributed by atoms with Crippen LogP contribution in [0.15, 0.2) is 18.2 Å². The Morgan fingerprint density at radius 2 is 2.37 bits per heavy atom. The maximum absolute atomic E-state index is 13.9. The lowest BCUT2D eigenvalue weighted by atomic mass is 10.1. The van der Waals surface area contributed by atoms with Crippen molar-refractivity contribution in [3.8, 4) is 5.75 Å². The van der Waals surface area contributed by atoms with Gasteiger partial charge < -0.3 is 14.8 Å². The van der Waals surface area contributed by atoms with Gasteiger partial charge in [0, 0.05) is 18.2 Å². The van der Waals surface area contributed by atoms with E-state index in [0.717, 1.165) is 32.4 Å². The zero-order chi connectivity index (χ0) is 13.7. The van der Waals surface area contributed by atoms with Gasteiger partial charge in [-0.2, -0.15) is 0 Å². The average molecular weight is 267 g/mol. The number of benzene rings is 1. The summed E-state index contributed by atoms with van der Waals surface area (Å²) in [4.78, 5) is 0. The monoisotopic (exact) mass is 267 g/mol. The molecule has 2 rings (SSSR count). The molecule has 1 heterocycles. The van der Waals surface area contributed by atoms with E-state index in [1.165, 1.54) is 6.07 Å². The highest BCUT2D eigenvalue weighted by molar-refractivity contribution is 5.36. The highest BCUT2D eigenvalue weighted by atomic mass is 19.1. The minimum absolute atomic E-state index is 0.0717. The van der Waals surface area contributed by atoms with Gasteiger partial charge in [-0.1, -0.05) is 6.07 Å². The molecule has 4 heteroatoms. The van der Waals surface area contributed by atoms with E-state index in [9.17, 15) is 4.39 Å². The van der Waals surface area contributed by atoms with Crippen LogP contribution in [0.5, 0.6) is 5.75 Å². The second-order valence-electron chi connectivity index (χ2n) is 4.96. The molecule has 1 aliphatic rings. The molecule has 0 amide bonds. The third kappa shape index (κ3) is 3.67. The summed E-state index contributed by atoms with van der Waals surface area (Å²) >= 11 is 0. The van der Waals surface area contributed by atoms with E-state index < -0.39 is 0 Å². The predicted molar refractivity (Wildman–Crippen MR) is 73.0 cm³/mol. The summed E-state index contributed by atoms with van der Waals surface area (Å²) in [5.41, 5.74) is 0.595. The summed E-state index contributed by atoms with van der Waals surface area (Å²) in [6.07, 6.45) is 3.63. The molecule has 0 bridgehead atoms. The molecule has 0 spiro atoms. The van der Waals surface area contributed by atoms with Crippen LogP contribution in [0.1, 0.15) is 37.8 Å². The number of methoxy groups -OCH3 is 1. The maximum atomic E-state index is 13.9. The Morgan fingerprint density at radius 3 is 3.05 bits per heavy atom. The number of ether oxygens (including phenoxy) is 2. The van der Waals surface area contributed by atoms with Gasteiger partial charge in [0.2, 0.25) is 0 Å². The summed E-state index contributed by atoms with van der Waals surface area (Å²) in [6, 6.07) is 4.85. The van der Waals surface area contributed by atoms with Crippen LogP contribution in [0, 0.1) is 5.82 Å². The van der Waals surface area contributed by atoms with Gasteiger partial charge in [0.25, 0.3) is 0 Å². The van der Waals surface area contributed by atoms with Crippen molar-refractivity contribution >= 4 is 0 Å². The van der Waals surface area contributed by atoms with E-state index in [4.69, 9.17) is 9.47 Å². The standard InChI is InChI=1S/C15H22FNO2/c1-11(17-9-8-12-5-4-10-19-12)15-13(16)6-3-7-14(15)18-2/h3,6-7,11-12,17H,4-5,8-10H2,1-2H3. The molecular formula is C15H22FNO2. The molecule has 1 N–H and O–H groups in total. The zero-order valence-electron chi connectivity index (χ0n) is 11.6. The molecule has 106 valence electrons. The van der Waals surface area contributed by atoms with Crippen molar-refractivity contribution in [2.45, 2.75) is 38.3 Å². The van der Waals surface area contributed by atoms with Gasteiger partial charge in [0.05, 0.1) is 13.2 Å². The number of hydrogen-bond donors (Lipinski definition) is 1. The van der Waals surface area contributed by atoms with Crippen LogP contribution in [0.3, 0.4) is 0 Å². The van der Waals surface area contributed by atoms with Gasteiger partial charge in [0.15, 0.2) is 0 Å². The quantitative estimate of drug-likeness (QED) is 0.859.